The van der Waals surface area contributed by atoms with E-state index < -0.39 is 0 Å². The smallest absolute Gasteiger partial charge is 0.198 e. The van der Waals surface area contributed by atoms with Crippen LogP contribution in [0, 0.1) is 0 Å². The van der Waals surface area contributed by atoms with Crippen LogP contribution in [-0.2, 0) is 6.54 Å². The molecule has 5 heteroatoms. The van der Waals surface area contributed by atoms with E-state index in [1.165, 1.54) is 12.8 Å². The first-order valence-electron chi connectivity index (χ1n) is 6.76. The SMILES string of the molecule is Nc1ccsc1CNc1ccc2oc(C3CC3)nc2c1. The molecule has 20 heavy (non-hydrogen) atoms. The zero-order valence-electron chi connectivity index (χ0n) is 10.9. The highest BCUT2D eigenvalue weighted by Gasteiger charge is 2.28. The zero-order valence-corrected chi connectivity index (χ0v) is 11.7. The van der Waals surface area contributed by atoms with Gasteiger partial charge in [0, 0.05) is 22.2 Å². The van der Waals surface area contributed by atoms with Gasteiger partial charge in [-0.3, -0.25) is 0 Å². The highest BCUT2D eigenvalue weighted by Crippen LogP contribution is 2.40. The minimum atomic E-state index is 0.546. The second-order valence-electron chi connectivity index (χ2n) is 5.16. The van der Waals surface area contributed by atoms with Gasteiger partial charge < -0.3 is 15.5 Å². The largest absolute Gasteiger partial charge is 0.440 e. The lowest BCUT2D eigenvalue weighted by molar-refractivity contribution is 0.533. The van der Waals surface area contributed by atoms with E-state index >= 15 is 0 Å². The molecule has 0 spiro atoms. The van der Waals surface area contributed by atoms with Crippen LogP contribution in [0.1, 0.15) is 29.5 Å². The van der Waals surface area contributed by atoms with Crippen LogP contribution in [0.15, 0.2) is 34.1 Å². The van der Waals surface area contributed by atoms with Crippen molar-refractivity contribution in [1.29, 1.82) is 0 Å². The molecule has 0 amide bonds. The number of hydrogen-bond acceptors (Lipinski definition) is 5. The molecule has 4 rings (SSSR count). The molecule has 1 fully saturated rings. The summed E-state index contributed by atoms with van der Waals surface area (Å²) in [6.07, 6.45) is 2.41. The summed E-state index contributed by atoms with van der Waals surface area (Å²) in [6.45, 7) is 0.738. The molecule has 1 aliphatic rings. The number of hydrogen-bond donors (Lipinski definition) is 2. The number of anilines is 2. The quantitative estimate of drug-likeness (QED) is 0.761. The van der Waals surface area contributed by atoms with Crippen LogP contribution >= 0.6 is 11.3 Å². The van der Waals surface area contributed by atoms with Crippen molar-refractivity contribution < 1.29 is 4.42 Å². The molecule has 1 aliphatic carbocycles. The molecule has 0 atom stereocenters. The van der Waals surface area contributed by atoms with Crippen molar-refractivity contribution in [3.63, 3.8) is 0 Å². The number of thiophene rings is 1. The average molecular weight is 285 g/mol. The van der Waals surface area contributed by atoms with Crippen molar-refractivity contribution in [2.45, 2.75) is 25.3 Å². The zero-order chi connectivity index (χ0) is 13.5. The van der Waals surface area contributed by atoms with E-state index in [0.29, 0.717) is 5.92 Å². The number of oxazole rings is 1. The Bertz CT molecular complexity index is 757. The Morgan fingerprint density at radius 1 is 1.35 bits per heavy atom. The van der Waals surface area contributed by atoms with Gasteiger partial charge in [-0.2, -0.15) is 0 Å². The number of rotatable bonds is 4. The molecule has 2 aromatic heterocycles. The molecule has 1 saturated carbocycles. The Balaban J connectivity index is 1.55. The van der Waals surface area contributed by atoms with Crippen LogP contribution in [0.4, 0.5) is 11.4 Å². The Morgan fingerprint density at radius 2 is 2.25 bits per heavy atom. The van der Waals surface area contributed by atoms with Crippen molar-refractivity contribution >= 4 is 33.8 Å². The van der Waals surface area contributed by atoms with Gasteiger partial charge in [-0.15, -0.1) is 11.3 Å². The molecule has 0 unspecified atom stereocenters. The Kier molecular flexibility index (Phi) is 2.67. The van der Waals surface area contributed by atoms with Gasteiger partial charge in [-0.1, -0.05) is 0 Å². The highest BCUT2D eigenvalue weighted by atomic mass is 32.1. The molecule has 0 aliphatic heterocycles. The number of nitrogens with zero attached hydrogens (tertiary/aromatic N) is 1. The lowest BCUT2D eigenvalue weighted by Gasteiger charge is -2.05. The number of nitrogens with one attached hydrogen (secondary N) is 1. The molecule has 4 nitrogen and oxygen atoms in total. The van der Waals surface area contributed by atoms with E-state index in [4.69, 9.17) is 10.2 Å². The summed E-state index contributed by atoms with van der Waals surface area (Å²) in [6, 6.07) is 7.97. The van der Waals surface area contributed by atoms with E-state index in [1.54, 1.807) is 11.3 Å². The third-order valence-corrected chi connectivity index (χ3v) is 4.50. The number of benzene rings is 1. The number of nitrogen functional groups attached to an aromatic ring is 1. The predicted molar refractivity (Wildman–Crippen MR) is 82.0 cm³/mol. The molecule has 0 saturated heterocycles. The monoisotopic (exact) mass is 285 g/mol. The fourth-order valence-corrected chi connectivity index (χ4v) is 2.98. The van der Waals surface area contributed by atoms with Gasteiger partial charge in [-0.25, -0.2) is 4.98 Å². The van der Waals surface area contributed by atoms with E-state index in [-0.39, 0.29) is 0 Å². The molecule has 1 aromatic carbocycles. The molecular weight excluding hydrogens is 270 g/mol. The van der Waals surface area contributed by atoms with Crippen molar-refractivity contribution in [2.24, 2.45) is 0 Å². The van der Waals surface area contributed by atoms with Gasteiger partial charge >= 0.3 is 0 Å². The van der Waals surface area contributed by atoms with Crippen LogP contribution in [0.3, 0.4) is 0 Å². The third-order valence-electron chi connectivity index (χ3n) is 3.56. The summed E-state index contributed by atoms with van der Waals surface area (Å²) < 4.78 is 5.76. The average Bonchev–Trinajstić information content (AvgIpc) is 3.09. The molecule has 2 heterocycles. The second-order valence-corrected chi connectivity index (χ2v) is 6.16. The maximum absolute atomic E-state index is 5.88. The number of aromatic nitrogens is 1. The summed E-state index contributed by atoms with van der Waals surface area (Å²) in [5.74, 6) is 1.43. The minimum absolute atomic E-state index is 0.546. The molecule has 102 valence electrons. The fraction of sp³-hybridized carbons (Fsp3) is 0.267. The number of nitrogens with two attached hydrogens (primary N) is 1. The summed E-state index contributed by atoms with van der Waals surface area (Å²) in [5.41, 5.74) is 9.57. The van der Waals surface area contributed by atoms with Crippen LogP contribution in [0.5, 0.6) is 0 Å². The summed E-state index contributed by atoms with van der Waals surface area (Å²) in [5, 5.41) is 5.39. The Hall–Kier alpha value is -2.01. The van der Waals surface area contributed by atoms with Crippen LogP contribution in [0.2, 0.25) is 0 Å². The van der Waals surface area contributed by atoms with Crippen LogP contribution in [-0.4, -0.2) is 4.98 Å². The summed E-state index contributed by atoms with van der Waals surface area (Å²) in [7, 11) is 0. The van der Waals surface area contributed by atoms with E-state index in [9.17, 15) is 0 Å². The van der Waals surface area contributed by atoms with Gasteiger partial charge in [0.05, 0.1) is 6.54 Å². The first-order valence-corrected chi connectivity index (χ1v) is 7.64. The van der Waals surface area contributed by atoms with Crippen molar-refractivity contribution in [3.8, 4) is 0 Å². The lowest BCUT2D eigenvalue weighted by atomic mass is 10.3. The number of fused-ring (bicyclic) bond motifs is 1. The summed E-state index contributed by atoms with van der Waals surface area (Å²) >= 11 is 1.67. The van der Waals surface area contributed by atoms with E-state index in [1.807, 2.05) is 29.6 Å². The maximum Gasteiger partial charge on any atom is 0.198 e. The fourth-order valence-electron chi connectivity index (χ4n) is 2.24. The van der Waals surface area contributed by atoms with Crippen molar-refractivity contribution in [3.05, 3.63) is 40.4 Å². The molecule has 0 radical (unpaired) electrons. The molecular formula is C15H15N3OS. The molecule has 3 aromatic rings. The normalized spacial score (nSPS) is 14.8. The van der Waals surface area contributed by atoms with Crippen molar-refractivity contribution in [1.82, 2.24) is 4.98 Å². The molecule has 0 bridgehead atoms. The minimum Gasteiger partial charge on any atom is -0.440 e. The maximum atomic E-state index is 5.88. The van der Waals surface area contributed by atoms with E-state index in [2.05, 4.69) is 10.3 Å². The van der Waals surface area contributed by atoms with Gasteiger partial charge in [-0.05, 0) is 42.5 Å². The van der Waals surface area contributed by atoms with Gasteiger partial charge in [0.15, 0.2) is 11.5 Å². The first-order chi connectivity index (χ1) is 9.79. The molecule has 3 N–H and O–H groups in total. The standard InChI is InChI=1S/C15H15N3OS/c16-11-5-6-20-14(11)8-17-10-3-4-13-12(7-10)18-15(19-13)9-1-2-9/h3-7,9,17H,1-2,8,16H2. The van der Waals surface area contributed by atoms with Crippen LogP contribution < -0.4 is 11.1 Å². The van der Waals surface area contributed by atoms with Gasteiger partial charge in [0.25, 0.3) is 0 Å². The Labute approximate surface area is 120 Å². The first kappa shape index (κ1) is 11.8. The van der Waals surface area contributed by atoms with Gasteiger partial charge in [0.1, 0.15) is 5.52 Å². The lowest BCUT2D eigenvalue weighted by Crippen LogP contribution is -1.99. The topological polar surface area (TPSA) is 64.1 Å². The second kappa shape index (κ2) is 4.52. The van der Waals surface area contributed by atoms with Crippen molar-refractivity contribution in [2.75, 3.05) is 11.1 Å². The van der Waals surface area contributed by atoms with Gasteiger partial charge in [0.2, 0.25) is 0 Å². The predicted octanol–water partition coefficient (Wildman–Crippen LogP) is 3.96. The Morgan fingerprint density at radius 3 is 3.00 bits per heavy atom. The third kappa shape index (κ3) is 2.14. The highest BCUT2D eigenvalue weighted by molar-refractivity contribution is 7.10. The van der Waals surface area contributed by atoms with Crippen LogP contribution in [0.25, 0.3) is 11.1 Å². The summed E-state index contributed by atoms with van der Waals surface area (Å²) in [4.78, 5) is 5.73. The van der Waals surface area contributed by atoms with E-state index in [0.717, 1.165) is 39.8 Å².